The fourth-order valence-electron chi connectivity index (χ4n) is 6.04. The molecule has 0 amide bonds. The molecule has 0 spiro atoms. The topological polar surface area (TPSA) is 29.5 Å². The second-order valence-corrected chi connectivity index (χ2v) is 8.82. The van der Waals surface area contributed by atoms with E-state index in [0.717, 1.165) is 18.3 Å². The van der Waals surface area contributed by atoms with Crippen LogP contribution < -0.4 is 0 Å². The third kappa shape index (κ3) is 2.94. The Morgan fingerprint density at radius 2 is 1.88 bits per heavy atom. The summed E-state index contributed by atoms with van der Waals surface area (Å²) in [6.07, 6.45) is 15.4. The van der Waals surface area contributed by atoms with Crippen LogP contribution >= 0.6 is 0 Å². The molecule has 0 bridgehead atoms. The quantitative estimate of drug-likeness (QED) is 0.565. The van der Waals surface area contributed by atoms with Gasteiger partial charge in [-0.2, -0.15) is 0 Å². The van der Waals surface area contributed by atoms with Gasteiger partial charge in [0.05, 0.1) is 12.5 Å². The number of carbonyl (C=O) groups excluding carboxylic acids is 1. The van der Waals surface area contributed by atoms with Crippen molar-refractivity contribution in [2.75, 3.05) is 13.7 Å². The molecule has 4 fully saturated rings. The lowest BCUT2D eigenvalue weighted by Crippen LogP contribution is -2.43. The number of rotatable bonds is 2. The van der Waals surface area contributed by atoms with Crippen LogP contribution in [0, 0.1) is 29.6 Å². The van der Waals surface area contributed by atoms with Gasteiger partial charge in [-0.3, -0.25) is 9.69 Å². The van der Waals surface area contributed by atoms with Crippen LogP contribution in [0.5, 0.6) is 0 Å². The Hall–Kier alpha value is -0.830. The van der Waals surface area contributed by atoms with Crippen molar-refractivity contribution in [3.63, 3.8) is 0 Å². The van der Waals surface area contributed by atoms with E-state index in [9.17, 15) is 4.79 Å². The smallest absolute Gasteiger partial charge is 0.309 e. The molecule has 0 aromatic rings. The number of piperidine rings is 1. The summed E-state index contributed by atoms with van der Waals surface area (Å²) in [5.74, 6) is 2.82. The Morgan fingerprint density at radius 3 is 2.75 bits per heavy atom. The van der Waals surface area contributed by atoms with Gasteiger partial charge in [-0.15, -0.1) is 0 Å². The van der Waals surface area contributed by atoms with Gasteiger partial charge in [0.1, 0.15) is 0 Å². The van der Waals surface area contributed by atoms with Crippen LogP contribution in [0.3, 0.4) is 0 Å². The van der Waals surface area contributed by atoms with E-state index in [0.29, 0.717) is 30.5 Å². The standard InChI is InChI=1S/C21H33NO2/c1-14-6-5-8-16(22(14)2)10-11-18-17-9-4-3-7-15(17)12-19-20(18)13-24-21(19)23/h10-11,14-20H,3-9,12-13H2,1-2H3/b11-10+/t14-,15?,16?,17?,18?,19?,20?/m0/s1. The number of hydrogen-bond acceptors (Lipinski definition) is 3. The van der Waals surface area contributed by atoms with E-state index >= 15 is 0 Å². The van der Waals surface area contributed by atoms with Crippen LogP contribution in [-0.4, -0.2) is 36.6 Å². The van der Waals surface area contributed by atoms with Crippen molar-refractivity contribution in [1.29, 1.82) is 0 Å². The average Bonchev–Trinajstić information content (AvgIpc) is 2.96. The lowest BCUT2D eigenvalue weighted by atomic mass is 9.58. The van der Waals surface area contributed by atoms with Gasteiger partial charge in [0.25, 0.3) is 0 Å². The summed E-state index contributed by atoms with van der Waals surface area (Å²) in [6.45, 7) is 3.01. The van der Waals surface area contributed by atoms with Gasteiger partial charge in [0, 0.05) is 18.0 Å². The van der Waals surface area contributed by atoms with E-state index in [1.54, 1.807) is 0 Å². The number of ether oxygens (including phenoxy) is 1. The zero-order valence-corrected chi connectivity index (χ0v) is 15.3. The molecule has 0 aromatic carbocycles. The van der Waals surface area contributed by atoms with Crippen LogP contribution in [0.4, 0.5) is 0 Å². The average molecular weight is 332 g/mol. The van der Waals surface area contributed by atoms with Gasteiger partial charge in [-0.25, -0.2) is 0 Å². The van der Waals surface area contributed by atoms with E-state index in [4.69, 9.17) is 4.74 Å². The van der Waals surface area contributed by atoms with Crippen molar-refractivity contribution in [2.45, 2.75) is 70.4 Å². The molecule has 3 nitrogen and oxygen atoms in total. The molecule has 6 unspecified atom stereocenters. The molecule has 4 rings (SSSR count). The minimum absolute atomic E-state index is 0.0887. The molecule has 0 aromatic heterocycles. The molecule has 2 aliphatic heterocycles. The maximum Gasteiger partial charge on any atom is 0.309 e. The first kappa shape index (κ1) is 16.6. The molecule has 2 saturated heterocycles. The fourth-order valence-corrected chi connectivity index (χ4v) is 6.04. The van der Waals surface area contributed by atoms with Gasteiger partial charge in [0.2, 0.25) is 0 Å². The summed E-state index contributed by atoms with van der Waals surface area (Å²) < 4.78 is 5.48. The van der Waals surface area contributed by atoms with Gasteiger partial charge >= 0.3 is 5.97 Å². The molecule has 2 aliphatic carbocycles. The Bertz CT molecular complexity index is 502. The molecule has 2 heterocycles. The Balaban J connectivity index is 1.54. The SMILES string of the molecule is C[C@H]1CCCC(/C=C/C2C3CCCCC3CC3C(=O)OCC32)N1C. The second-order valence-electron chi connectivity index (χ2n) is 8.82. The molecular formula is C21H33NO2. The number of cyclic esters (lactones) is 1. The van der Waals surface area contributed by atoms with Crippen molar-refractivity contribution >= 4 is 5.97 Å². The lowest BCUT2D eigenvalue weighted by Gasteiger charge is -2.45. The molecule has 0 radical (unpaired) electrons. The number of allylic oxidation sites excluding steroid dienone is 1. The van der Waals surface area contributed by atoms with Gasteiger partial charge < -0.3 is 4.74 Å². The van der Waals surface area contributed by atoms with Gasteiger partial charge in [-0.1, -0.05) is 37.8 Å². The van der Waals surface area contributed by atoms with Crippen LogP contribution in [-0.2, 0) is 9.53 Å². The molecule has 3 heteroatoms. The second kappa shape index (κ2) is 6.82. The highest BCUT2D eigenvalue weighted by Gasteiger charge is 2.50. The predicted octanol–water partition coefficient (Wildman–Crippen LogP) is 4.03. The summed E-state index contributed by atoms with van der Waals surface area (Å²) in [7, 11) is 2.27. The van der Waals surface area contributed by atoms with Crippen molar-refractivity contribution in [3.05, 3.63) is 12.2 Å². The molecule has 24 heavy (non-hydrogen) atoms. The first-order valence-electron chi connectivity index (χ1n) is 10.2. The first-order chi connectivity index (χ1) is 11.6. The lowest BCUT2D eigenvalue weighted by molar-refractivity contribution is -0.142. The van der Waals surface area contributed by atoms with Crippen LogP contribution in [0.2, 0.25) is 0 Å². The predicted molar refractivity (Wildman–Crippen MR) is 95.5 cm³/mol. The molecule has 134 valence electrons. The number of esters is 1. The fraction of sp³-hybridized carbons (Fsp3) is 0.857. The highest BCUT2D eigenvalue weighted by atomic mass is 16.5. The van der Waals surface area contributed by atoms with Crippen LogP contribution in [0.1, 0.15) is 58.3 Å². The minimum Gasteiger partial charge on any atom is -0.465 e. The number of hydrogen-bond donors (Lipinski definition) is 0. The zero-order valence-electron chi connectivity index (χ0n) is 15.3. The largest absolute Gasteiger partial charge is 0.465 e. The van der Waals surface area contributed by atoms with Crippen molar-refractivity contribution < 1.29 is 9.53 Å². The van der Waals surface area contributed by atoms with Crippen LogP contribution in [0.25, 0.3) is 0 Å². The summed E-state index contributed by atoms with van der Waals surface area (Å²) >= 11 is 0. The Morgan fingerprint density at radius 1 is 1.04 bits per heavy atom. The Kier molecular flexibility index (Phi) is 4.73. The van der Waals surface area contributed by atoms with Crippen molar-refractivity contribution in [1.82, 2.24) is 4.90 Å². The summed E-state index contributed by atoms with van der Waals surface area (Å²) in [5, 5.41) is 0. The first-order valence-corrected chi connectivity index (χ1v) is 10.2. The van der Waals surface area contributed by atoms with E-state index < -0.39 is 0 Å². The molecule has 4 aliphatic rings. The van der Waals surface area contributed by atoms with Crippen molar-refractivity contribution in [2.24, 2.45) is 29.6 Å². The van der Waals surface area contributed by atoms with Crippen LogP contribution in [0.15, 0.2) is 12.2 Å². The number of nitrogens with zero attached hydrogens (tertiary/aromatic N) is 1. The molecule has 2 saturated carbocycles. The normalized spacial score (nSPS) is 46.6. The third-order valence-corrected chi connectivity index (χ3v) is 7.65. The highest BCUT2D eigenvalue weighted by molar-refractivity contribution is 5.75. The highest BCUT2D eigenvalue weighted by Crippen LogP contribution is 2.51. The maximum atomic E-state index is 12.2. The van der Waals surface area contributed by atoms with Gasteiger partial charge in [-0.05, 0) is 57.4 Å². The van der Waals surface area contributed by atoms with E-state index in [1.807, 2.05) is 0 Å². The Labute approximate surface area is 146 Å². The maximum absolute atomic E-state index is 12.2. The summed E-state index contributed by atoms with van der Waals surface area (Å²) in [4.78, 5) is 14.7. The number of likely N-dealkylation sites (tertiary alicyclic amines) is 1. The van der Waals surface area contributed by atoms with Gasteiger partial charge in [0.15, 0.2) is 0 Å². The van der Waals surface area contributed by atoms with E-state index in [2.05, 4.69) is 31.0 Å². The number of carbonyl (C=O) groups is 1. The summed E-state index contributed by atoms with van der Waals surface area (Å²) in [5.41, 5.74) is 0. The number of fused-ring (bicyclic) bond motifs is 2. The minimum atomic E-state index is 0.0887. The number of likely N-dealkylation sites (N-methyl/N-ethyl adjacent to an activating group) is 1. The third-order valence-electron chi connectivity index (χ3n) is 7.65. The van der Waals surface area contributed by atoms with E-state index in [1.165, 1.54) is 44.9 Å². The molecular weight excluding hydrogens is 298 g/mol. The zero-order chi connectivity index (χ0) is 16.7. The molecule has 0 N–H and O–H groups in total. The summed E-state index contributed by atoms with van der Waals surface area (Å²) in [6, 6.07) is 1.26. The molecule has 7 atom stereocenters. The monoisotopic (exact) mass is 331 g/mol. The van der Waals surface area contributed by atoms with E-state index in [-0.39, 0.29) is 11.9 Å². The van der Waals surface area contributed by atoms with Crippen molar-refractivity contribution in [3.8, 4) is 0 Å².